The molecule has 0 aliphatic heterocycles. The van der Waals surface area contributed by atoms with E-state index in [0.29, 0.717) is 5.56 Å². The van der Waals surface area contributed by atoms with Crippen LogP contribution in [-0.4, -0.2) is 25.7 Å². The summed E-state index contributed by atoms with van der Waals surface area (Å²) in [6.07, 6.45) is 7.17. The van der Waals surface area contributed by atoms with Crippen LogP contribution in [0.2, 0.25) is 0 Å². The molecule has 1 unspecified atom stereocenters. The molecule has 1 aromatic carbocycles. The number of carbonyl (C=O) groups is 1. The van der Waals surface area contributed by atoms with Crippen molar-refractivity contribution in [3.63, 3.8) is 0 Å². The minimum Gasteiger partial charge on any atom is -0.345 e. The molecule has 0 aliphatic rings. The highest BCUT2D eigenvalue weighted by Crippen LogP contribution is 2.25. The monoisotopic (exact) mass is 371 g/mol. The standard InChI is InChI=1S/C22H21N5O/c1-3-27-14-17(13-24-27)21-12-19(18-6-4-5-7-20(18)26-21)22(28)25-15(2)16-8-10-23-11-9-16/h4-15H,3H2,1-2H3,(H,25,28). The molecule has 6 nitrogen and oxygen atoms in total. The van der Waals surface area contributed by atoms with Crippen molar-refractivity contribution in [2.75, 3.05) is 0 Å². The molecule has 1 N–H and O–H groups in total. The topological polar surface area (TPSA) is 72.7 Å². The Bertz CT molecular complexity index is 1120. The molecule has 0 aliphatic carbocycles. The first-order valence-corrected chi connectivity index (χ1v) is 9.29. The Labute approximate surface area is 163 Å². The smallest absolute Gasteiger partial charge is 0.252 e. The van der Waals surface area contributed by atoms with Gasteiger partial charge in [-0.1, -0.05) is 18.2 Å². The average Bonchev–Trinajstić information content (AvgIpc) is 3.23. The van der Waals surface area contributed by atoms with E-state index in [4.69, 9.17) is 4.98 Å². The van der Waals surface area contributed by atoms with Gasteiger partial charge in [0, 0.05) is 36.1 Å². The summed E-state index contributed by atoms with van der Waals surface area (Å²) in [5.41, 5.74) is 4.02. The number of aryl methyl sites for hydroxylation is 1. The fourth-order valence-electron chi connectivity index (χ4n) is 3.19. The van der Waals surface area contributed by atoms with Crippen molar-refractivity contribution in [2.24, 2.45) is 0 Å². The third kappa shape index (κ3) is 3.49. The Morgan fingerprint density at radius 3 is 2.71 bits per heavy atom. The van der Waals surface area contributed by atoms with Gasteiger partial charge in [-0.3, -0.25) is 14.5 Å². The van der Waals surface area contributed by atoms with Gasteiger partial charge < -0.3 is 5.32 Å². The Kier molecular flexibility index (Phi) is 4.85. The Balaban J connectivity index is 1.73. The van der Waals surface area contributed by atoms with Crippen LogP contribution in [0.5, 0.6) is 0 Å². The van der Waals surface area contributed by atoms with Crippen molar-refractivity contribution < 1.29 is 4.79 Å². The van der Waals surface area contributed by atoms with Crippen LogP contribution in [0.3, 0.4) is 0 Å². The van der Waals surface area contributed by atoms with Crippen LogP contribution in [0.4, 0.5) is 0 Å². The van der Waals surface area contributed by atoms with Gasteiger partial charge in [0.2, 0.25) is 0 Å². The van der Waals surface area contributed by atoms with Crippen LogP contribution >= 0.6 is 0 Å². The largest absolute Gasteiger partial charge is 0.345 e. The molecule has 3 aromatic heterocycles. The first-order valence-electron chi connectivity index (χ1n) is 9.29. The zero-order valence-electron chi connectivity index (χ0n) is 15.8. The molecule has 0 spiro atoms. The van der Waals surface area contributed by atoms with Crippen LogP contribution in [0.15, 0.2) is 67.3 Å². The molecule has 0 bridgehead atoms. The van der Waals surface area contributed by atoms with Crippen molar-refractivity contribution in [1.29, 1.82) is 0 Å². The quantitative estimate of drug-likeness (QED) is 0.575. The van der Waals surface area contributed by atoms with Gasteiger partial charge in [-0.25, -0.2) is 4.98 Å². The van der Waals surface area contributed by atoms with Crippen molar-refractivity contribution in [2.45, 2.75) is 26.4 Å². The highest BCUT2D eigenvalue weighted by atomic mass is 16.1. The number of benzene rings is 1. The van der Waals surface area contributed by atoms with Crippen LogP contribution in [0.1, 0.15) is 35.8 Å². The number of fused-ring (bicyclic) bond motifs is 1. The number of amides is 1. The Hall–Kier alpha value is -3.54. The number of nitrogens with one attached hydrogen (secondary N) is 1. The van der Waals surface area contributed by atoms with E-state index in [-0.39, 0.29) is 11.9 Å². The molecule has 4 aromatic rings. The molecule has 140 valence electrons. The molecule has 1 atom stereocenters. The fraction of sp³-hybridized carbons (Fsp3) is 0.182. The lowest BCUT2D eigenvalue weighted by molar-refractivity contribution is 0.0941. The lowest BCUT2D eigenvalue weighted by Crippen LogP contribution is -2.27. The van der Waals surface area contributed by atoms with Crippen molar-refractivity contribution in [3.8, 4) is 11.3 Å². The molecule has 3 heterocycles. The normalized spacial score (nSPS) is 12.1. The van der Waals surface area contributed by atoms with E-state index < -0.39 is 0 Å². The first-order chi connectivity index (χ1) is 13.7. The third-order valence-corrected chi connectivity index (χ3v) is 4.77. The van der Waals surface area contributed by atoms with E-state index in [9.17, 15) is 4.79 Å². The summed E-state index contributed by atoms with van der Waals surface area (Å²) in [6, 6.07) is 13.2. The van der Waals surface area contributed by atoms with E-state index in [2.05, 4.69) is 15.4 Å². The van der Waals surface area contributed by atoms with E-state index in [0.717, 1.165) is 34.3 Å². The molecule has 0 fully saturated rings. The van der Waals surface area contributed by atoms with Crippen LogP contribution in [0.25, 0.3) is 22.2 Å². The van der Waals surface area contributed by atoms with Crippen molar-refractivity contribution in [1.82, 2.24) is 25.1 Å². The van der Waals surface area contributed by atoms with Crippen LogP contribution in [0, 0.1) is 0 Å². The van der Waals surface area contributed by atoms with E-state index in [1.54, 1.807) is 18.6 Å². The molecule has 6 heteroatoms. The number of hydrogen-bond acceptors (Lipinski definition) is 4. The highest BCUT2D eigenvalue weighted by Gasteiger charge is 2.17. The van der Waals surface area contributed by atoms with Gasteiger partial charge in [-0.05, 0) is 43.7 Å². The predicted molar refractivity (Wildman–Crippen MR) is 109 cm³/mol. The number of aromatic nitrogens is 4. The molecule has 1 amide bonds. The number of hydrogen-bond donors (Lipinski definition) is 1. The second kappa shape index (κ2) is 7.60. The second-order valence-corrected chi connectivity index (χ2v) is 6.63. The van der Waals surface area contributed by atoms with Gasteiger partial charge in [0.25, 0.3) is 5.91 Å². The van der Waals surface area contributed by atoms with E-state index >= 15 is 0 Å². The summed E-state index contributed by atoms with van der Waals surface area (Å²) in [7, 11) is 0. The minimum atomic E-state index is -0.132. The van der Waals surface area contributed by atoms with Gasteiger partial charge in [-0.2, -0.15) is 5.10 Å². The highest BCUT2D eigenvalue weighted by molar-refractivity contribution is 6.07. The lowest BCUT2D eigenvalue weighted by atomic mass is 10.0. The molecule has 4 rings (SSSR count). The maximum atomic E-state index is 13.1. The van der Waals surface area contributed by atoms with E-state index in [1.165, 1.54) is 0 Å². The summed E-state index contributed by atoms with van der Waals surface area (Å²) >= 11 is 0. The summed E-state index contributed by atoms with van der Waals surface area (Å²) in [5.74, 6) is -0.132. The lowest BCUT2D eigenvalue weighted by Gasteiger charge is -2.15. The zero-order valence-corrected chi connectivity index (χ0v) is 15.8. The van der Waals surface area contributed by atoms with Gasteiger partial charge in [0.15, 0.2) is 0 Å². The number of carbonyl (C=O) groups excluding carboxylic acids is 1. The number of para-hydroxylation sites is 1. The van der Waals surface area contributed by atoms with Crippen molar-refractivity contribution >= 4 is 16.8 Å². The van der Waals surface area contributed by atoms with Crippen molar-refractivity contribution in [3.05, 3.63) is 78.4 Å². The minimum absolute atomic E-state index is 0.131. The SMILES string of the molecule is CCn1cc(-c2cc(C(=O)NC(C)c3ccncc3)c3ccccc3n2)cn1. The molecule has 0 radical (unpaired) electrons. The second-order valence-electron chi connectivity index (χ2n) is 6.63. The Morgan fingerprint density at radius 2 is 1.96 bits per heavy atom. The van der Waals surface area contributed by atoms with E-state index in [1.807, 2.05) is 67.2 Å². The summed E-state index contributed by atoms with van der Waals surface area (Å²) in [4.78, 5) is 21.9. The summed E-state index contributed by atoms with van der Waals surface area (Å²) in [6.45, 7) is 4.77. The molecule has 0 saturated heterocycles. The molecule has 0 saturated carbocycles. The third-order valence-electron chi connectivity index (χ3n) is 4.77. The molecule has 28 heavy (non-hydrogen) atoms. The summed E-state index contributed by atoms with van der Waals surface area (Å²) < 4.78 is 1.84. The fourth-order valence-corrected chi connectivity index (χ4v) is 3.19. The summed E-state index contributed by atoms with van der Waals surface area (Å²) in [5, 5.41) is 8.24. The number of rotatable bonds is 5. The zero-order chi connectivity index (χ0) is 19.5. The van der Waals surface area contributed by atoms with Gasteiger partial charge >= 0.3 is 0 Å². The maximum absolute atomic E-state index is 13.1. The number of pyridine rings is 2. The average molecular weight is 371 g/mol. The van der Waals surface area contributed by atoms with Crippen LogP contribution in [-0.2, 0) is 6.54 Å². The van der Waals surface area contributed by atoms with Gasteiger partial charge in [-0.15, -0.1) is 0 Å². The van der Waals surface area contributed by atoms with Gasteiger partial charge in [0.1, 0.15) is 0 Å². The molecular weight excluding hydrogens is 350 g/mol. The maximum Gasteiger partial charge on any atom is 0.252 e. The van der Waals surface area contributed by atoms with Gasteiger partial charge in [0.05, 0.1) is 29.0 Å². The van der Waals surface area contributed by atoms with Crippen LogP contribution < -0.4 is 5.32 Å². The Morgan fingerprint density at radius 1 is 1.18 bits per heavy atom. The number of nitrogens with zero attached hydrogens (tertiary/aromatic N) is 4. The predicted octanol–water partition coefficient (Wildman–Crippen LogP) is 4.00. The first kappa shape index (κ1) is 17.9. The molecular formula is C22H21N5O.